The van der Waals surface area contributed by atoms with Crippen molar-refractivity contribution < 1.29 is 23.4 Å². The van der Waals surface area contributed by atoms with Crippen LogP contribution in [-0.4, -0.2) is 55.4 Å². The summed E-state index contributed by atoms with van der Waals surface area (Å²) in [4.78, 5) is 17.3. The Labute approximate surface area is 220 Å². The summed E-state index contributed by atoms with van der Waals surface area (Å²) in [5.74, 6) is 0.964. The second kappa shape index (κ2) is 11.2. The molecule has 1 aliphatic heterocycles. The highest BCUT2D eigenvalue weighted by Crippen LogP contribution is 2.25. The Hall–Kier alpha value is -3.88. The molecule has 1 saturated heterocycles. The third-order valence-electron chi connectivity index (χ3n) is 6.61. The third kappa shape index (κ3) is 6.15. The highest BCUT2D eigenvalue weighted by molar-refractivity contribution is 5.79. The predicted molar refractivity (Wildman–Crippen MR) is 145 cm³/mol. The molecular formula is C30H31FN2O5. The summed E-state index contributed by atoms with van der Waals surface area (Å²) in [7, 11) is 0. The predicted octanol–water partition coefficient (Wildman–Crippen LogP) is 4.90. The number of aliphatic hydroxyl groups excluding tert-OH is 1. The fourth-order valence-corrected chi connectivity index (χ4v) is 4.75. The van der Waals surface area contributed by atoms with Gasteiger partial charge in [0.05, 0.1) is 5.39 Å². The molecule has 4 aromatic rings. The minimum absolute atomic E-state index is 0.113. The van der Waals surface area contributed by atoms with Gasteiger partial charge in [-0.1, -0.05) is 6.07 Å². The van der Waals surface area contributed by atoms with Gasteiger partial charge in [-0.3, -0.25) is 9.69 Å². The molecule has 38 heavy (non-hydrogen) atoms. The Balaban J connectivity index is 1.15. The molecule has 1 unspecified atom stereocenters. The first kappa shape index (κ1) is 25.8. The number of rotatable bonds is 8. The van der Waals surface area contributed by atoms with E-state index in [1.54, 1.807) is 30.3 Å². The lowest BCUT2D eigenvalue weighted by molar-refractivity contribution is 0.0663. The van der Waals surface area contributed by atoms with Crippen LogP contribution in [0.25, 0.3) is 11.0 Å². The minimum atomic E-state index is -0.677. The Morgan fingerprint density at radius 2 is 1.66 bits per heavy atom. The maximum Gasteiger partial charge on any atom is 0.235 e. The number of hydrogen-bond acceptors (Lipinski definition) is 7. The van der Waals surface area contributed by atoms with Crippen LogP contribution in [0.1, 0.15) is 11.1 Å². The number of halogens is 1. The highest BCUT2D eigenvalue weighted by Gasteiger charge is 2.20. The first-order chi connectivity index (χ1) is 18.3. The van der Waals surface area contributed by atoms with Crippen LogP contribution in [0.15, 0.2) is 76.1 Å². The molecule has 0 saturated carbocycles. The number of fused-ring (bicyclic) bond motifs is 1. The van der Waals surface area contributed by atoms with Gasteiger partial charge in [0.25, 0.3) is 0 Å². The van der Waals surface area contributed by atoms with E-state index in [0.717, 1.165) is 43.0 Å². The van der Waals surface area contributed by atoms with Crippen molar-refractivity contribution in [3.8, 4) is 17.2 Å². The van der Waals surface area contributed by atoms with E-state index in [9.17, 15) is 14.3 Å². The van der Waals surface area contributed by atoms with Crippen LogP contribution in [0.4, 0.5) is 10.1 Å². The van der Waals surface area contributed by atoms with Gasteiger partial charge in [0.2, 0.25) is 11.2 Å². The third-order valence-corrected chi connectivity index (χ3v) is 6.61. The lowest BCUT2D eigenvalue weighted by atomic mass is 10.1. The smallest absolute Gasteiger partial charge is 0.235 e. The fourth-order valence-electron chi connectivity index (χ4n) is 4.75. The van der Waals surface area contributed by atoms with Gasteiger partial charge >= 0.3 is 0 Å². The summed E-state index contributed by atoms with van der Waals surface area (Å²) in [5.41, 5.74) is 3.20. The summed E-state index contributed by atoms with van der Waals surface area (Å²) in [6, 6.07) is 17.3. The van der Waals surface area contributed by atoms with Gasteiger partial charge in [0.15, 0.2) is 0 Å². The molecule has 7 nitrogen and oxygen atoms in total. The zero-order valence-electron chi connectivity index (χ0n) is 21.5. The monoisotopic (exact) mass is 518 g/mol. The van der Waals surface area contributed by atoms with E-state index in [1.807, 2.05) is 32.0 Å². The summed E-state index contributed by atoms with van der Waals surface area (Å²) in [6.45, 7) is 7.73. The van der Waals surface area contributed by atoms with Gasteiger partial charge in [-0.2, -0.15) is 0 Å². The van der Waals surface area contributed by atoms with Crippen LogP contribution in [0.5, 0.6) is 17.2 Å². The molecule has 198 valence electrons. The number of piperazine rings is 1. The van der Waals surface area contributed by atoms with Crippen LogP contribution >= 0.6 is 0 Å². The molecule has 3 aromatic carbocycles. The Morgan fingerprint density at radius 3 is 2.37 bits per heavy atom. The zero-order chi connectivity index (χ0) is 26.6. The van der Waals surface area contributed by atoms with Gasteiger partial charge in [-0.15, -0.1) is 0 Å². The lowest BCUT2D eigenvalue weighted by Gasteiger charge is -2.36. The van der Waals surface area contributed by atoms with E-state index < -0.39 is 6.10 Å². The molecular weight excluding hydrogens is 487 g/mol. The number of ether oxygens (including phenoxy) is 2. The van der Waals surface area contributed by atoms with Crippen LogP contribution in [0.3, 0.4) is 0 Å². The largest absolute Gasteiger partial charge is 0.491 e. The van der Waals surface area contributed by atoms with Crippen molar-refractivity contribution >= 4 is 16.7 Å². The second-order valence-electron chi connectivity index (χ2n) is 9.74. The normalized spacial score (nSPS) is 15.0. The molecule has 1 N–H and O–H groups in total. The van der Waals surface area contributed by atoms with E-state index in [4.69, 9.17) is 13.9 Å². The summed E-state index contributed by atoms with van der Waals surface area (Å²) in [5, 5.41) is 10.9. The molecule has 0 amide bonds. The molecule has 1 aromatic heterocycles. The summed E-state index contributed by atoms with van der Waals surface area (Å²) >= 11 is 0. The molecule has 0 bridgehead atoms. The van der Waals surface area contributed by atoms with Gasteiger partial charge < -0.3 is 23.9 Å². The Bertz CT molecular complexity index is 1440. The SMILES string of the molecule is Cc1cc(C)cc(Oc2coc3cc(OCC(O)CN4CCN(c5ccc(F)cc5)CC4)ccc3c2=O)c1. The molecule has 1 fully saturated rings. The van der Waals surface area contributed by atoms with Crippen LogP contribution in [0, 0.1) is 19.7 Å². The highest BCUT2D eigenvalue weighted by atomic mass is 19.1. The molecule has 1 atom stereocenters. The van der Waals surface area contributed by atoms with E-state index in [0.29, 0.717) is 29.0 Å². The van der Waals surface area contributed by atoms with Crippen LogP contribution < -0.4 is 19.8 Å². The van der Waals surface area contributed by atoms with Crippen molar-refractivity contribution in [1.29, 1.82) is 0 Å². The van der Waals surface area contributed by atoms with Gasteiger partial charge in [0, 0.05) is 44.5 Å². The number of aryl methyl sites for hydroxylation is 2. The number of β-amino-alcohol motifs (C(OH)–C–C–N with tert-alkyl or cyclic N) is 1. The number of hydrogen-bond donors (Lipinski definition) is 1. The van der Waals surface area contributed by atoms with Crippen LogP contribution in [-0.2, 0) is 0 Å². The van der Waals surface area contributed by atoms with Crippen molar-refractivity contribution in [3.63, 3.8) is 0 Å². The number of anilines is 1. The Morgan fingerprint density at radius 1 is 0.947 bits per heavy atom. The average molecular weight is 519 g/mol. The molecule has 1 aliphatic rings. The van der Waals surface area contributed by atoms with Crippen LogP contribution in [0.2, 0.25) is 0 Å². The fraction of sp³-hybridized carbons (Fsp3) is 0.300. The number of nitrogens with zero attached hydrogens (tertiary/aromatic N) is 2. The molecule has 8 heteroatoms. The van der Waals surface area contributed by atoms with Crippen molar-refractivity contribution in [2.24, 2.45) is 0 Å². The number of aliphatic hydroxyl groups is 1. The molecule has 0 spiro atoms. The van der Waals surface area contributed by atoms with Gasteiger partial charge in [-0.05, 0) is 73.5 Å². The minimum Gasteiger partial charge on any atom is -0.491 e. The zero-order valence-corrected chi connectivity index (χ0v) is 21.5. The van der Waals surface area contributed by atoms with E-state index in [1.165, 1.54) is 18.4 Å². The van der Waals surface area contributed by atoms with Crippen molar-refractivity contribution in [2.45, 2.75) is 20.0 Å². The van der Waals surface area contributed by atoms with E-state index in [2.05, 4.69) is 9.80 Å². The first-order valence-electron chi connectivity index (χ1n) is 12.7. The van der Waals surface area contributed by atoms with E-state index >= 15 is 0 Å². The van der Waals surface area contributed by atoms with Crippen molar-refractivity contribution in [2.75, 3.05) is 44.2 Å². The average Bonchev–Trinajstić information content (AvgIpc) is 2.89. The Kier molecular flexibility index (Phi) is 7.62. The van der Waals surface area contributed by atoms with Crippen molar-refractivity contribution in [1.82, 2.24) is 4.90 Å². The first-order valence-corrected chi connectivity index (χ1v) is 12.7. The maximum atomic E-state index is 13.2. The summed E-state index contributed by atoms with van der Waals surface area (Å²) < 4.78 is 30.4. The van der Waals surface area contributed by atoms with Gasteiger partial charge in [0.1, 0.15) is 41.9 Å². The topological polar surface area (TPSA) is 75.4 Å². The lowest BCUT2D eigenvalue weighted by Crippen LogP contribution is -2.49. The molecule has 5 rings (SSSR count). The summed E-state index contributed by atoms with van der Waals surface area (Å²) in [6.07, 6.45) is 0.635. The molecule has 0 aliphatic carbocycles. The second-order valence-corrected chi connectivity index (χ2v) is 9.74. The van der Waals surface area contributed by atoms with Gasteiger partial charge in [-0.25, -0.2) is 4.39 Å². The quantitative estimate of drug-likeness (QED) is 0.356. The molecule has 2 heterocycles. The van der Waals surface area contributed by atoms with E-state index in [-0.39, 0.29) is 23.6 Å². The van der Waals surface area contributed by atoms with Crippen molar-refractivity contribution in [3.05, 3.63) is 94.1 Å². The number of benzene rings is 3. The maximum absolute atomic E-state index is 13.2. The molecule has 0 radical (unpaired) electrons. The standard InChI is InChI=1S/C30H31FN2O5/c1-20-13-21(2)15-26(14-20)38-29-19-37-28-16-25(7-8-27(28)30(29)35)36-18-24(34)17-32-9-11-33(12-10-32)23-5-3-22(31)4-6-23/h3-8,13-16,19,24,34H,9-12,17-18H2,1-2H3.